The highest BCUT2D eigenvalue weighted by atomic mass is 35.5. The molecule has 0 fully saturated rings. The number of halogens is 3. The van der Waals surface area contributed by atoms with Crippen molar-refractivity contribution in [2.75, 3.05) is 19.2 Å². The number of hydrogen-bond donors (Lipinski definition) is 0. The van der Waals surface area contributed by atoms with Gasteiger partial charge in [-0.25, -0.2) is 4.39 Å². The molecule has 1 aromatic carbocycles. The van der Waals surface area contributed by atoms with Gasteiger partial charge in [-0.1, -0.05) is 11.8 Å². The van der Waals surface area contributed by atoms with E-state index in [1.165, 1.54) is 18.2 Å². The highest BCUT2D eigenvalue weighted by Crippen LogP contribution is 2.18. The fraction of sp³-hybridized carbons (Fsp3) is 0.333. The molecule has 0 N–H and O–H groups in total. The quantitative estimate of drug-likeness (QED) is 0.449. The molecule has 86 valence electrons. The molecule has 0 saturated carbocycles. The number of rotatable bonds is 4. The van der Waals surface area contributed by atoms with Crippen LogP contribution < -0.4 is 4.74 Å². The summed E-state index contributed by atoms with van der Waals surface area (Å²) >= 11 is 5.41. The normalized spacial score (nSPS) is 9.44. The molecular formula is C12H11ClF2O. The maximum Gasteiger partial charge on any atom is 0.135 e. The molecule has 16 heavy (non-hydrogen) atoms. The fourth-order valence-corrected chi connectivity index (χ4v) is 1.16. The summed E-state index contributed by atoms with van der Waals surface area (Å²) in [5, 5.41) is 0. The molecule has 0 aliphatic heterocycles. The van der Waals surface area contributed by atoms with E-state index < -0.39 is 12.5 Å². The van der Waals surface area contributed by atoms with E-state index in [9.17, 15) is 8.78 Å². The average molecular weight is 245 g/mol. The molecule has 0 radical (unpaired) electrons. The van der Waals surface area contributed by atoms with E-state index in [1.807, 2.05) is 0 Å². The van der Waals surface area contributed by atoms with Crippen molar-refractivity contribution >= 4 is 11.6 Å². The Kier molecular flexibility index (Phi) is 5.66. The fourth-order valence-electron chi connectivity index (χ4n) is 1.09. The maximum absolute atomic E-state index is 12.9. The molecule has 0 heterocycles. The van der Waals surface area contributed by atoms with Crippen molar-refractivity contribution in [2.45, 2.75) is 6.42 Å². The van der Waals surface area contributed by atoms with Crippen molar-refractivity contribution in [2.24, 2.45) is 0 Å². The first-order valence-corrected chi connectivity index (χ1v) is 5.34. The third-order valence-electron chi connectivity index (χ3n) is 1.77. The molecule has 0 aromatic heterocycles. The van der Waals surface area contributed by atoms with Gasteiger partial charge in [0.1, 0.15) is 11.6 Å². The van der Waals surface area contributed by atoms with Crippen LogP contribution in [0.2, 0.25) is 0 Å². The molecule has 0 bridgehead atoms. The second-order valence-electron chi connectivity index (χ2n) is 2.97. The van der Waals surface area contributed by atoms with E-state index in [4.69, 9.17) is 16.3 Å². The van der Waals surface area contributed by atoms with Gasteiger partial charge in [0, 0.05) is 6.42 Å². The van der Waals surface area contributed by atoms with E-state index in [1.54, 1.807) is 0 Å². The van der Waals surface area contributed by atoms with E-state index in [0.29, 0.717) is 17.7 Å². The third kappa shape index (κ3) is 4.08. The predicted octanol–water partition coefficient (Wildman–Crippen LogP) is 3.15. The number of benzene rings is 1. The molecule has 0 saturated heterocycles. The highest BCUT2D eigenvalue weighted by molar-refractivity contribution is 6.19. The third-order valence-corrected chi connectivity index (χ3v) is 1.90. The lowest BCUT2D eigenvalue weighted by Gasteiger charge is -2.06. The summed E-state index contributed by atoms with van der Waals surface area (Å²) in [5.74, 6) is 5.53. The van der Waals surface area contributed by atoms with Crippen LogP contribution in [0.15, 0.2) is 18.2 Å². The minimum atomic E-state index is -0.441. The van der Waals surface area contributed by atoms with Crippen molar-refractivity contribution in [1.82, 2.24) is 0 Å². The molecule has 0 atom stereocenters. The molecule has 0 unspecified atom stereocenters. The Bertz CT molecular complexity index is 396. The zero-order valence-corrected chi connectivity index (χ0v) is 9.36. The Morgan fingerprint density at radius 1 is 1.38 bits per heavy atom. The van der Waals surface area contributed by atoms with Crippen molar-refractivity contribution in [3.05, 3.63) is 29.6 Å². The van der Waals surface area contributed by atoms with Crippen molar-refractivity contribution in [3.8, 4) is 17.6 Å². The SMILES string of the molecule is FCCCOc1ccc(F)cc1C#CCCl. The summed E-state index contributed by atoms with van der Waals surface area (Å²) in [5.41, 5.74) is 0.430. The smallest absolute Gasteiger partial charge is 0.135 e. The van der Waals surface area contributed by atoms with E-state index in [-0.39, 0.29) is 12.5 Å². The first-order valence-electron chi connectivity index (χ1n) is 4.81. The van der Waals surface area contributed by atoms with Crippen LogP contribution in [0.25, 0.3) is 0 Å². The highest BCUT2D eigenvalue weighted by Gasteiger charge is 2.02. The zero-order chi connectivity index (χ0) is 11.8. The van der Waals surface area contributed by atoms with Crippen LogP contribution in [0, 0.1) is 17.7 Å². The van der Waals surface area contributed by atoms with E-state index >= 15 is 0 Å². The summed E-state index contributed by atoms with van der Waals surface area (Å²) < 4.78 is 30.1. The summed E-state index contributed by atoms with van der Waals surface area (Å²) in [6.45, 7) is -0.193. The van der Waals surface area contributed by atoms with Crippen LogP contribution in [0.4, 0.5) is 8.78 Å². The molecule has 1 aromatic rings. The second kappa shape index (κ2) is 7.08. The van der Waals surface area contributed by atoms with Crippen LogP contribution in [0.3, 0.4) is 0 Å². The molecular weight excluding hydrogens is 234 g/mol. The average Bonchev–Trinajstić information content (AvgIpc) is 2.29. The van der Waals surface area contributed by atoms with Crippen LogP contribution in [-0.4, -0.2) is 19.2 Å². The summed E-state index contributed by atoms with van der Waals surface area (Å²) in [4.78, 5) is 0. The van der Waals surface area contributed by atoms with Gasteiger partial charge in [-0.15, -0.1) is 11.6 Å². The lowest BCUT2D eigenvalue weighted by atomic mass is 10.2. The van der Waals surface area contributed by atoms with Crippen LogP contribution in [0.5, 0.6) is 5.75 Å². The largest absolute Gasteiger partial charge is 0.492 e. The standard InChI is InChI=1S/C12H11ClF2O/c13-6-1-3-10-9-11(15)4-5-12(10)16-8-2-7-14/h4-5,9H,2,6-8H2. The molecule has 0 aliphatic carbocycles. The van der Waals surface area contributed by atoms with Crippen molar-refractivity contribution in [1.29, 1.82) is 0 Å². The van der Waals surface area contributed by atoms with Crippen LogP contribution >= 0.6 is 11.6 Å². The Morgan fingerprint density at radius 2 is 2.19 bits per heavy atom. The second-order valence-corrected chi connectivity index (χ2v) is 3.23. The molecule has 4 heteroatoms. The minimum Gasteiger partial charge on any atom is -0.492 e. The Hall–Kier alpha value is -1.27. The van der Waals surface area contributed by atoms with E-state index in [2.05, 4.69) is 11.8 Å². The minimum absolute atomic E-state index is 0.167. The van der Waals surface area contributed by atoms with E-state index in [0.717, 1.165) is 0 Å². The van der Waals surface area contributed by atoms with Crippen molar-refractivity contribution in [3.63, 3.8) is 0 Å². The lowest BCUT2D eigenvalue weighted by Crippen LogP contribution is -2.00. The Morgan fingerprint density at radius 3 is 2.88 bits per heavy atom. The lowest BCUT2D eigenvalue weighted by molar-refractivity contribution is 0.288. The van der Waals surface area contributed by atoms with Gasteiger partial charge in [-0.3, -0.25) is 4.39 Å². The van der Waals surface area contributed by atoms with Gasteiger partial charge >= 0.3 is 0 Å². The Balaban J connectivity index is 2.80. The van der Waals surface area contributed by atoms with Gasteiger partial charge in [0.15, 0.2) is 0 Å². The van der Waals surface area contributed by atoms with Gasteiger partial charge in [0.2, 0.25) is 0 Å². The zero-order valence-electron chi connectivity index (χ0n) is 8.60. The first-order chi connectivity index (χ1) is 7.77. The topological polar surface area (TPSA) is 9.23 Å². The molecule has 1 rings (SSSR count). The van der Waals surface area contributed by atoms with Gasteiger partial charge in [-0.05, 0) is 18.2 Å². The first kappa shape index (κ1) is 12.8. The number of hydrogen-bond acceptors (Lipinski definition) is 1. The number of ether oxygens (including phenoxy) is 1. The van der Waals surface area contributed by atoms with Gasteiger partial charge in [0.25, 0.3) is 0 Å². The molecule has 0 spiro atoms. The van der Waals surface area contributed by atoms with Crippen LogP contribution in [0.1, 0.15) is 12.0 Å². The summed E-state index contributed by atoms with van der Waals surface area (Å²) in [6.07, 6.45) is 0.305. The monoisotopic (exact) mass is 244 g/mol. The maximum atomic E-state index is 12.9. The molecule has 1 nitrogen and oxygen atoms in total. The number of alkyl halides is 2. The van der Waals surface area contributed by atoms with Crippen molar-refractivity contribution < 1.29 is 13.5 Å². The molecule has 0 aliphatic rings. The van der Waals surface area contributed by atoms with Gasteiger partial charge in [-0.2, -0.15) is 0 Å². The van der Waals surface area contributed by atoms with Crippen LogP contribution in [-0.2, 0) is 0 Å². The van der Waals surface area contributed by atoms with Gasteiger partial charge < -0.3 is 4.74 Å². The molecule has 0 amide bonds. The van der Waals surface area contributed by atoms with Gasteiger partial charge in [0.05, 0.1) is 24.7 Å². The predicted molar refractivity (Wildman–Crippen MR) is 60.1 cm³/mol. The summed E-state index contributed by atoms with van der Waals surface area (Å²) in [6, 6.07) is 4.02. The Labute approximate surface area is 98.4 Å². The summed E-state index contributed by atoms with van der Waals surface area (Å²) in [7, 11) is 0.